The number of benzene rings is 1. The van der Waals surface area contributed by atoms with Gasteiger partial charge in [0.05, 0.1) is 6.61 Å². The predicted octanol–water partition coefficient (Wildman–Crippen LogP) is 2.30. The van der Waals surface area contributed by atoms with Crippen LogP contribution >= 0.6 is 12.4 Å². The summed E-state index contributed by atoms with van der Waals surface area (Å²) in [7, 11) is 1.77. The molecule has 1 aliphatic rings. The molecule has 0 spiro atoms. The lowest BCUT2D eigenvalue weighted by Gasteiger charge is -2.21. The van der Waals surface area contributed by atoms with Crippen molar-refractivity contribution in [3.05, 3.63) is 35.4 Å². The highest BCUT2D eigenvalue weighted by atomic mass is 35.5. The largest absolute Gasteiger partial charge is 0.379 e. The van der Waals surface area contributed by atoms with Crippen LogP contribution in [0.2, 0.25) is 0 Å². The number of carbonyl (C=O) groups excluding carboxylic acids is 1. The van der Waals surface area contributed by atoms with E-state index in [0.29, 0.717) is 13.2 Å². The Morgan fingerprint density at radius 1 is 1.38 bits per heavy atom. The molecular weight excluding hydrogens is 288 g/mol. The van der Waals surface area contributed by atoms with Crippen molar-refractivity contribution in [1.29, 1.82) is 0 Å². The van der Waals surface area contributed by atoms with Crippen molar-refractivity contribution >= 4 is 18.3 Å². The van der Waals surface area contributed by atoms with Crippen LogP contribution in [-0.2, 0) is 9.53 Å². The predicted molar refractivity (Wildman–Crippen MR) is 86.5 cm³/mol. The van der Waals surface area contributed by atoms with E-state index in [4.69, 9.17) is 10.5 Å². The van der Waals surface area contributed by atoms with Gasteiger partial charge in [0.2, 0.25) is 5.91 Å². The topological polar surface area (TPSA) is 55.6 Å². The molecule has 1 aromatic rings. The summed E-state index contributed by atoms with van der Waals surface area (Å²) in [6, 6.07) is 7.18. The van der Waals surface area contributed by atoms with E-state index in [1.165, 1.54) is 12.8 Å². The number of ether oxygens (including phenoxy) is 1. The molecule has 1 unspecified atom stereocenters. The van der Waals surface area contributed by atoms with Crippen LogP contribution in [-0.4, -0.2) is 37.6 Å². The van der Waals surface area contributed by atoms with Gasteiger partial charge in [-0.15, -0.1) is 12.4 Å². The second-order valence-electron chi connectivity index (χ2n) is 5.67. The van der Waals surface area contributed by atoms with Gasteiger partial charge >= 0.3 is 0 Å². The molecule has 0 radical (unpaired) electrons. The maximum absolute atomic E-state index is 12.2. The summed E-state index contributed by atoms with van der Waals surface area (Å²) in [5, 5.41) is 0. The maximum atomic E-state index is 12.2. The van der Waals surface area contributed by atoms with Crippen molar-refractivity contribution in [2.24, 2.45) is 11.7 Å². The molecule has 0 aromatic heterocycles. The Morgan fingerprint density at radius 3 is 2.57 bits per heavy atom. The highest BCUT2D eigenvalue weighted by molar-refractivity contribution is 5.85. The number of carbonyl (C=O) groups is 1. The molecule has 1 aromatic carbocycles. The first-order valence-electron chi connectivity index (χ1n) is 7.23. The third-order valence-corrected chi connectivity index (χ3v) is 3.70. The normalized spacial score (nSPS) is 15.2. The molecular formula is C16H25ClN2O2. The van der Waals surface area contributed by atoms with Crippen molar-refractivity contribution in [3.63, 3.8) is 0 Å². The minimum Gasteiger partial charge on any atom is -0.379 e. The minimum absolute atomic E-state index is 0. The molecule has 0 aliphatic heterocycles. The number of rotatable bonds is 7. The molecule has 2 rings (SSSR count). The van der Waals surface area contributed by atoms with Crippen LogP contribution in [0.1, 0.15) is 30.0 Å². The number of halogens is 1. The molecule has 1 atom stereocenters. The number of nitrogens with zero attached hydrogens (tertiary/aromatic N) is 1. The first-order chi connectivity index (χ1) is 9.58. The summed E-state index contributed by atoms with van der Waals surface area (Å²) in [4.78, 5) is 13.9. The summed E-state index contributed by atoms with van der Waals surface area (Å²) >= 11 is 0. The molecule has 5 heteroatoms. The van der Waals surface area contributed by atoms with Crippen LogP contribution in [0.5, 0.6) is 0 Å². The molecule has 1 saturated carbocycles. The van der Waals surface area contributed by atoms with Crippen molar-refractivity contribution in [3.8, 4) is 0 Å². The number of hydrogen-bond acceptors (Lipinski definition) is 3. The Balaban J connectivity index is 0.00000220. The first-order valence-corrected chi connectivity index (χ1v) is 7.23. The van der Waals surface area contributed by atoms with Crippen LogP contribution in [0.3, 0.4) is 0 Å². The highest BCUT2D eigenvalue weighted by Gasteiger charge is 2.22. The Kier molecular flexibility index (Phi) is 7.15. The van der Waals surface area contributed by atoms with Crippen LogP contribution in [0.15, 0.2) is 24.3 Å². The van der Waals surface area contributed by atoms with E-state index in [-0.39, 0.29) is 18.3 Å². The van der Waals surface area contributed by atoms with E-state index in [2.05, 4.69) is 0 Å². The summed E-state index contributed by atoms with van der Waals surface area (Å²) in [5.74, 6) is 0.690. The van der Waals surface area contributed by atoms with Gasteiger partial charge in [0.15, 0.2) is 0 Å². The lowest BCUT2D eigenvalue weighted by atomic mass is 10.1. The maximum Gasteiger partial charge on any atom is 0.243 e. The lowest BCUT2D eigenvalue weighted by molar-refractivity contribution is -0.132. The van der Waals surface area contributed by atoms with Gasteiger partial charge in [-0.05, 0) is 31.2 Å². The molecule has 118 valence electrons. The molecule has 21 heavy (non-hydrogen) atoms. The molecule has 1 aliphatic carbocycles. The van der Waals surface area contributed by atoms with Gasteiger partial charge in [-0.1, -0.05) is 29.8 Å². The molecule has 4 nitrogen and oxygen atoms in total. The Bertz CT molecular complexity index is 446. The van der Waals surface area contributed by atoms with Gasteiger partial charge in [0.25, 0.3) is 0 Å². The summed E-state index contributed by atoms with van der Waals surface area (Å²) < 4.78 is 5.54. The summed E-state index contributed by atoms with van der Waals surface area (Å²) in [5.41, 5.74) is 8.04. The third kappa shape index (κ3) is 5.65. The highest BCUT2D eigenvalue weighted by Crippen LogP contribution is 2.28. The van der Waals surface area contributed by atoms with Gasteiger partial charge in [-0.2, -0.15) is 0 Å². The van der Waals surface area contributed by atoms with Crippen molar-refractivity contribution in [1.82, 2.24) is 4.90 Å². The van der Waals surface area contributed by atoms with Gasteiger partial charge in [-0.25, -0.2) is 0 Å². The number of amides is 1. The lowest BCUT2D eigenvalue weighted by Crippen LogP contribution is -2.37. The fourth-order valence-corrected chi connectivity index (χ4v) is 2.00. The zero-order valence-electron chi connectivity index (χ0n) is 12.7. The van der Waals surface area contributed by atoms with E-state index < -0.39 is 6.04 Å². The quantitative estimate of drug-likeness (QED) is 0.786. The van der Waals surface area contributed by atoms with Crippen molar-refractivity contribution < 1.29 is 9.53 Å². The molecule has 2 N–H and O–H groups in total. The van der Waals surface area contributed by atoms with E-state index in [1.807, 2.05) is 31.2 Å². The van der Waals surface area contributed by atoms with Crippen molar-refractivity contribution in [2.45, 2.75) is 25.8 Å². The van der Waals surface area contributed by atoms with Gasteiger partial charge in [0, 0.05) is 20.2 Å². The number of aryl methyl sites for hydroxylation is 1. The van der Waals surface area contributed by atoms with Crippen LogP contribution < -0.4 is 5.73 Å². The fraction of sp³-hybridized carbons (Fsp3) is 0.562. The fourth-order valence-electron chi connectivity index (χ4n) is 2.00. The van der Waals surface area contributed by atoms with Gasteiger partial charge in [0.1, 0.15) is 6.04 Å². The monoisotopic (exact) mass is 312 g/mol. The van der Waals surface area contributed by atoms with E-state index in [1.54, 1.807) is 11.9 Å². The average Bonchev–Trinajstić information content (AvgIpc) is 3.26. The smallest absolute Gasteiger partial charge is 0.243 e. The van der Waals surface area contributed by atoms with E-state index in [0.717, 1.165) is 23.7 Å². The number of likely N-dealkylation sites (N-methyl/N-ethyl adjacent to an activating group) is 1. The first kappa shape index (κ1) is 18.0. The van der Waals surface area contributed by atoms with Gasteiger partial charge in [-0.3, -0.25) is 4.79 Å². The molecule has 0 bridgehead atoms. The summed E-state index contributed by atoms with van der Waals surface area (Å²) in [6.07, 6.45) is 2.57. The Hall–Kier alpha value is -1.10. The van der Waals surface area contributed by atoms with Gasteiger partial charge < -0.3 is 15.4 Å². The van der Waals surface area contributed by atoms with Crippen LogP contribution in [0.4, 0.5) is 0 Å². The molecule has 1 fully saturated rings. The zero-order chi connectivity index (χ0) is 14.5. The molecule has 0 heterocycles. The molecule has 0 saturated heterocycles. The second kappa shape index (κ2) is 8.37. The van der Waals surface area contributed by atoms with Crippen molar-refractivity contribution in [2.75, 3.05) is 26.8 Å². The Labute approximate surface area is 133 Å². The van der Waals surface area contributed by atoms with E-state index in [9.17, 15) is 4.79 Å². The number of nitrogens with two attached hydrogens (primary N) is 1. The molecule has 1 amide bonds. The zero-order valence-corrected chi connectivity index (χ0v) is 13.6. The SMILES string of the molecule is Cc1ccc(C(N)C(=O)N(C)CCOCC2CC2)cc1.Cl. The van der Waals surface area contributed by atoms with Crippen LogP contribution in [0, 0.1) is 12.8 Å². The second-order valence-corrected chi connectivity index (χ2v) is 5.67. The number of hydrogen-bond donors (Lipinski definition) is 1. The Morgan fingerprint density at radius 2 is 2.00 bits per heavy atom. The third-order valence-electron chi connectivity index (χ3n) is 3.70. The average molecular weight is 313 g/mol. The van der Waals surface area contributed by atoms with E-state index >= 15 is 0 Å². The summed E-state index contributed by atoms with van der Waals surface area (Å²) in [6.45, 7) is 4.01. The standard InChI is InChI=1S/C16H24N2O2.ClH/c1-12-3-7-14(8-4-12)15(17)16(19)18(2)9-10-20-11-13-5-6-13;/h3-4,7-8,13,15H,5-6,9-11,17H2,1-2H3;1H. The van der Waals surface area contributed by atoms with Crippen LogP contribution in [0.25, 0.3) is 0 Å². The minimum atomic E-state index is -0.593.